The van der Waals surface area contributed by atoms with Gasteiger partial charge >= 0.3 is 6.09 Å². The average Bonchev–Trinajstić information content (AvgIpc) is 2.90. The largest absolute Gasteiger partial charge is 0.444 e. The lowest BCUT2D eigenvalue weighted by Gasteiger charge is -2.39. The van der Waals surface area contributed by atoms with Gasteiger partial charge in [-0.05, 0) is 56.9 Å². The molecule has 1 saturated heterocycles. The van der Waals surface area contributed by atoms with Gasteiger partial charge in [0.15, 0.2) is 6.10 Å². The molecule has 1 unspecified atom stereocenters. The summed E-state index contributed by atoms with van der Waals surface area (Å²) in [6.07, 6.45) is 0.00525. The summed E-state index contributed by atoms with van der Waals surface area (Å²) in [4.78, 5) is 25.7. The molecule has 2 aliphatic rings. The molecule has 2 heterocycles. The highest BCUT2D eigenvalue weighted by Gasteiger charge is 2.49. The molecule has 0 bridgehead atoms. The minimum absolute atomic E-state index is 0.335. The van der Waals surface area contributed by atoms with Crippen molar-refractivity contribution < 1.29 is 19.1 Å². The molecule has 150 valence electrons. The molecule has 1 fully saturated rings. The van der Waals surface area contributed by atoms with Crippen LogP contribution in [0.4, 0.5) is 4.79 Å². The van der Waals surface area contributed by atoms with E-state index in [1.54, 1.807) is 17.0 Å². The number of benzene rings is 1. The van der Waals surface area contributed by atoms with Crippen LogP contribution in [0, 0.1) is 0 Å². The third kappa shape index (κ3) is 4.55. The molecule has 7 heteroatoms. The Labute approximate surface area is 165 Å². The maximum absolute atomic E-state index is 12.3. The molecule has 27 heavy (non-hydrogen) atoms. The first-order chi connectivity index (χ1) is 12.6. The Bertz CT molecular complexity index is 706. The number of likely N-dealkylation sites (tertiary alicyclic amines) is 1. The highest BCUT2D eigenvalue weighted by atomic mass is 35.5. The number of primary amides is 1. The molecule has 2 N–H and O–H groups in total. The van der Waals surface area contributed by atoms with Gasteiger partial charge in [0.25, 0.3) is 5.91 Å². The number of ether oxygens (including phenoxy) is 2. The molecule has 0 radical (unpaired) electrons. The van der Waals surface area contributed by atoms with Crippen molar-refractivity contribution >= 4 is 23.6 Å². The highest BCUT2D eigenvalue weighted by molar-refractivity contribution is 6.30. The number of carbonyl (C=O) groups is 2. The number of fused-ring (bicyclic) bond motifs is 2. The lowest BCUT2D eigenvalue weighted by Crippen LogP contribution is -2.47. The number of nitrogens with two attached hydrogens (primary N) is 1. The van der Waals surface area contributed by atoms with E-state index in [-0.39, 0.29) is 6.09 Å². The summed E-state index contributed by atoms with van der Waals surface area (Å²) in [7, 11) is 0. The van der Waals surface area contributed by atoms with Gasteiger partial charge in [0.05, 0.1) is 5.60 Å². The zero-order chi connectivity index (χ0) is 20.4. The number of carbonyl (C=O) groups excluding carboxylic acids is 2. The molecule has 1 atom stereocenters. The second-order valence-corrected chi connectivity index (χ2v) is 8.03. The number of nitrogens with zero attached hydrogens (tertiary/aromatic N) is 1. The summed E-state index contributed by atoms with van der Waals surface area (Å²) in [5, 5.41) is 0.585. The average molecular weight is 397 g/mol. The first-order valence-electron chi connectivity index (χ1n) is 9.36. The fourth-order valence-electron chi connectivity index (χ4n) is 3.48. The van der Waals surface area contributed by atoms with Crippen LogP contribution >= 0.6 is 11.6 Å². The molecule has 2 amide bonds. The predicted octanol–water partition coefficient (Wildman–Crippen LogP) is 4.15. The van der Waals surface area contributed by atoms with E-state index < -0.39 is 23.2 Å². The van der Waals surface area contributed by atoms with Crippen LogP contribution in [0.2, 0.25) is 5.02 Å². The van der Waals surface area contributed by atoms with Crippen LogP contribution in [0.1, 0.15) is 64.7 Å². The Morgan fingerprint density at radius 3 is 2.37 bits per heavy atom. The van der Waals surface area contributed by atoms with Crippen LogP contribution in [0.25, 0.3) is 0 Å². The molecule has 3 rings (SSSR count). The minimum Gasteiger partial charge on any atom is -0.444 e. The molecule has 1 spiro atoms. The molecular formula is C20H29ClN2O4. The van der Waals surface area contributed by atoms with Gasteiger partial charge in [-0.1, -0.05) is 31.5 Å². The lowest BCUT2D eigenvalue weighted by atomic mass is 9.83. The fourth-order valence-corrected chi connectivity index (χ4v) is 3.65. The van der Waals surface area contributed by atoms with Crippen LogP contribution < -0.4 is 5.73 Å². The molecule has 1 aromatic rings. The first-order valence-corrected chi connectivity index (χ1v) is 9.74. The number of halogens is 1. The van der Waals surface area contributed by atoms with Crippen molar-refractivity contribution in [3.8, 4) is 0 Å². The molecule has 1 aromatic carbocycles. The number of hydrogen-bond donors (Lipinski definition) is 1. The summed E-state index contributed by atoms with van der Waals surface area (Å²) in [6, 6.07) is 5.36. The van der Waals surface area contributed by atoms with Gasteiger partial charge in [-0.25, -0.2) is 4.79 Å². The molecule has 0 aliphatic carbocycles. The van der Waals surface area contributed by atoms with Gasteiger partial charge in [0.1, 0.15) is 5.60 Å². The van der Waals surface area contributed by atoms with Gasteiger partial charge in [-0.3, -0.25) is 4.79 Å². The normalized spacial score (nSPS) is 20.5. The zero-order valence-electron chi connectivity index (χ0n) is 16.7. The maximum atomic E-state index is 12.3. The number of amides is 2. The fraction of sp³-hybridized carbons (Fsp3) is 0.600. The maximum Gasteiger partial charge on any atom is 0.410 e. The van der Waals surface area contributed by atoms with Crippen LogP contribution in [-0.2, 0) is 19.9 Å². The van der Waals surface area contributed by atoms with Crippen molar-refractivity contribution in [2.45, 2.75) is 64.8 Å². The Balaban J connectivity index is 0.00000126. The van der Waals surface area contributed by atoms with Crippen LogP contribution in [-0.4, -0.2) is 35.6 Å². The monoisotopic (exact) mass is 396 g/mol. The molecule has 2 aliphatic heterocycles. The first kappa shape index (κ1) is 21.5. The van der Waals surface area contributed by atoms with E-state index >= 15 is 0 Å². The summed E-state index contributed by atoms with van der Waals surface area (Å²) in [5.74, 6) is -0.519. The Hall–Kier alpha value is -1.79. The third-order valence-corrected chi connectivity index (χ3v) is 4.85. The Morgan fingerprint density at radius 1 is 1.26 bits per heavy atom. The summed E-state index contributed by atoms with van der Waals surface area (Å²) in [6.45, 7) is 10.5. The topological polar surface area (TPSA) is 81.9 Å². The summed E-state index contributed by atoms with van der Waals surface area (Å²) in [5.41, 5.74) is 5.99. The highest BCUT2D eigenvalue weighted by Crippen LogP contribution is 2.50. The Morgan fingerprint density at radius 2 is 1.85 bits per heavy atom. The van der Waals surface area contributed by atoms with E-state index in [9.17, 15) is 9.59 Å². The SMILES string of the molecule is CC.CC(C)(C)OC(=O)N1CCC2(CC1)OC(C(N)=O)c1ccc(Cl)cc12. The van der Waals surface area contributed by atoms with Crippen molar-refractivity contribution in [2.24, 2.45) is 5.73 Å². The van der Waals surface area contributed by atoms with Crippen molar-refractivity contribution in [2.75, 3.05) is 13.1 Å². The van der Waals surface area contributed by atoms with E-state index in [4.69, 9.17) is 26.8 Å². The van der Waals surface area contributed by atoms with E-state index in [0.717, 1.165) is 11.1 Å². The second kappa shape index (κ2) is 8.07. The predicted molar refractivity (Wildman–Crippen MR) is 105 cm³/mol. The van der Waals surface area contributed by atoms with Gasteiger partial charge in [0, 0.05) is 18.1 Å². The quantitative estimate of drug-likeness (QED) is 0.773. The Kier molecular flexibility index (Phi) is 6.43. The molecular weight excluding hydrogens is 368 g/mol. The van der Waals surface area contributed by atoms with Crippen molar-refractivity contribution in [1.29, 1.82) is 0 Å². The number of rotatable bonds is 1. The lowest BCUT2D eigenvalue weighted by molar-refractivity contribution is -0.147. The van der Waals surface area contributed by atoms with Gasteiger partial charge < -0.3 is 20.1 Å². The summed E-state index contributed by atoms with van der Waals surface area (Å²) < 4.78 is 11.5. The van der Waals surface area contributed by atoms with Gasteiger partial charge in [0.2, 0.25) is 0 Å². The molecule has 0 aromatic heterocycles. The van der Waals surface area contributed by atoms with Crippen LogP contribution in [0.15, 0.2) is 18.2 Å². The van der Waals surface area contributed by atoms with Crippen molar-refractivity contribution in [3.63, 3.8) is 0 Å². The van der Waals surface area contributed by atoms with Crippen molar-refractivity contribution in [1.82, 2.24) is 4.90 Å². The zero-order valence-corrected chi connectivity index (χ0v) is 17.4. The van der Waals surface area contributed by atoms with Gasteiger partial charge in [-0.15, -0.1) is 0 Å². The number of piperidine rings is 1. The van der Waals surface area contributed by atoms with E-state index in [2.05, 4.69) is 0 Å². The van der Waals surface area contributed by atoms with Crippen molar-refractivity contribution in [3.05, 3.63) is 34.3 Å². The summed E-state index contributed by atoms with van der Waals surface area (Å²) >= 11 is 6.15. The standard InChI is InChI=1S/C18H23ClN2O4.C2H6/c1-17(2,3)25-16(23)21-8-6-18(7-9-21)13-10-11(19)4-5-12(13)14(24-18)15(20)22;1-2/h4-5,10,14H,6-9H2,1-3H3,(H2,20,22);1-2H3. The van der Waals surface area contributed by atoms with Crippen LogP contribution in [0.5, 0.6) is 0 Å². The van der Waals surface area contributed by atoms with Gasteiger partial charge in [-0.2, -0.15) is 0 Å². The molecule has 0 saturated carbocycles. The van der Waals surface area contributed by atoms with E-state index in [1.165, 1.54) is 0 Å². The van der Waals surface area contributed by atoms with Crippen LogP contribution in [0.3, 0.4) is 0 Å². The third-order valence-electron chi connectivity index (χ3n) is 4.61. The van der Waals surface area contributed by atoms with E-state index in [1.807, 2.05) is 40.7 Å². The second-order valence-electron chi connectivity index (χ2n) is 7.59. The molecule has 6 nitrogen and oxygen atoms in total. The minimum atomic E-state index is -0.777. The smallest absolute Gasteiger partial charge is 0.410 e. The number of hydrogen-bond acceptors (Lipinski definition) is 4. The van der Waals surface area contributed by atoms with E-state index in [0.29, 0.717) is 31.0 Å².